The van der Waals surface area contributed by atoms with Gasteiger partial charge >= 0.3 is 5.97 Å². The number of aliphatic imine (C=N–C) groups is 1. The molecule has 1 aliphatic carbocycles. The number of hydrogen-bond acceptors (Lipinski definition) is 5. The zero-order chi connectivity index (χ0) is 14.7. The Kier molecular flexibility index (Phi) is 4.51. The van der Waals surface area contributed by atoms with E-state index in [2.05, 4.69) is 4.99 Å². The maximum Gasteiger partial charge on any atom is 0.341 e. The fourth-order valence-corrected chi connectivity index (χ4v) is 4.35. The molecule has 2 aromatic rings. The van der Waals surface area contributed by atoms with Crippen LogP contribution in [0.3, 0.4) is 0 Å². The monoisotopic (exact) mass is 319 g/mol. The van der Waals surface area contributed by atoms with Gasteiger partial charge in [-0.25, -0.2) is 9.79 Å². The highest BCUT2D eigenvalue weighted by molar-refractivity contribution is 7.16. The van der Waals surface area contributed by atoms with Gasteiger partial charge in [-0.3, -0.25) is 0 Å². The molecular formula is C16H17NO2S2. The molecule has 0 atom stereocenters. The summed E-state index contributed by atoms with van der Waals surface area (Å²) < 4.78 is 5.23. The number of aryl methyl sites for hydroxylation is 1. The number of rotatable bonds is 4. The normalized spacial score (nSPS) is 14.3. The average Bonchev–Trinajstić information content (AvgIpc) is 3.12. The molecule has 0 saturated carbocycles. The fourth-order valence-electron chi connectivity index (χ4n) is 2.54. The Balaban J connectivity index is 1.98. The Morgan fingerprint density at radius 2 is 2.29 bits per heavy atom. The van der Waals surface area contributed by atoms with Gasteiger partial charge in [0.05, 0.1) is 12.2 Å². The van der Waals surface area contributed by atoms with Gasteiger partial charge in [0.1, 0.15) is 5.00 Å². The minimum atomic E-state index is -0.227. The number of carbonyl (C=O) groups excluding carboxylic acids is 1. The third-order valence-electron chi connectivity index (χ3n) is 3.48. The summed E-state index contributed by atoms with van der Waals surface area (Å²) >= 11 is 3.28. The average molecular weight is 319 g/mol. The maximum absolute atomic E-state index is 12.3. The number of ether oxygens (including phenoxy) is 1. The van der Waals surface area contributed by atoms with Crippen LogP contribution in [0.15, 0.2) is 22.5 Å². The molecule has 0 amide bonds. The maximum atomic E-state index is 12.3. The van der Waals surface area contributed by atoms with Gasteiger partial charge in [0.25, 0.3) is 0 Å². The first-order chi connectivity index (χ1) is 10.3. The molecule has 0 radical (unpaired) electrons. The molecule has 0 fully saturated rings. The van der Waals surface area contributed by atoms with Crippen molar-refractivity contribution >= 4 is 39.9 Å². The van der Waals surface area contributed by atoms with Crippen molar-refractivity contribution in [1.29, 1.82) is 0 Å². The first kappa shape index (κ1) is 14.5. The van der Waals surface area contributed by atoms with Crippen LogP contribution in [0.25, 0.3) is 0 Å². The van der Waals surface area contributed by atoms with Crippen molar-refractivity contribution in [3.8, 4) is 0 Å². The van der Waals surface area contributed by atoms with Crippen LogP contribution in [0.4, 0.5) is 5.00 Å². The lowest BCUT2D eigenvalue weighted by Gasteiger charge is -2.11. The highest BCUT2D eigenvalue weighted by Gasteiger charge is 2.25. The minimum Gasteiger partial charge on any atom is -0.462 e. The second-order valence-electron chi connectivity index (χ2n) is 4.89. The lowest BCUT2D eigenvalue weighted by atomic mass is 9.95. The summed E-state index contributed by atoms with van der Waals surface area (Å²) in [6.45, 7) is 2.24. The quantitative estimate of drug-likeness (QED) is 0.609. The van der Waals surface area contributed by atoms with Crippen molar-refractivity contribution in [2.45, 2.75) is 32.6 Å². The molecule has 2 heterocycles. The van der Waals surface area contributed by atoms with E-state index < -0.39 is 0 Å². The van der Waals surface area contributed by atoms with E-state index in [1.165, 1.54) is 16.9 Å². The van der Waals surface area contributed by atoms with Crippen LogP contribution in [-0.2, 0) is 17.6 Å². The van der Waals surface area contributed by atoms with Crippen LogP contribution in [0.5, 0.6) is 0 Å². The zero-order valence-electron chi connectivity index (χ0n) is 11.9. The number of fused-ring (bicyclic) bond motifs is 1. The summed E-state index contributed by atoms with van der Waals surface area (Å²) in [6, 6.07) is 4.02. The van der Waals surface area contributed by atoms with Gasteiger partial charge in [0, 0.05) is 16.0 Å². The van der Waals surface area contributed by atoms with Crippen LogP contribution in [-0.4, -0.2) is 18.8 Å². The lowest BCUT2D eigenvalue weighted by Crippen LogP contribution is -2.09. The van der Waals surface area contributed by atoms with E-state index in [0.717, 1.165) is 29.1 Å². The van der Waals surface area contributed by atoms with E-state index in [4.69, 9.17) is 4.74 Å². The molecular weight excluding hydrogens is 302 g/mol. The molecule has 21 heavy (non-hydrogen) atoms. The van der Waals surface area contributed by atoms with Crippen molar-refractivity contribution in [2.24, 2.45) is 4.99 Å². The first-order valence-corrected chi connectivity index (χ1v) is 8.88. The molecule has 110 valence electrons. The predicted octanol–water partition coefficient (Wildman–Crippen LogP) is 4.62. The largest absolute Gasteiger partial charge is 0.462 e. The van der Waals surface area contributed by atoms with E-state index in [0.29, 0.717) is 12.2 Å². The topological polar surface area (TPSA) is 38.7 Å². The van der Waals surface area contributed by atoms with Gasteiger partial charge in [0.2, 0.25) is 0 Å². The molecule has 0 aromatic carbocycles. The van der Waals surface area contributed by atoms with Crippen LogP contribution >= 0.6 is 22.7 Å². The second-order valence-corrected chi connectivity index (χ2v) is 6.95. The molecule has 2 aromatic heterocycles. The third kappa shape index (κ3) is 3.09. The molecule has 0 N–H and O–H groups in total. The molecule has 0 aliphatic heterocycles. The molecule has 0 saturated heterocycles. The smallest absolute Gasteiger partial charge is 0.341 e. The van der Waals surface area contributed by atoms with Crippen molar-refractivity contribution < 1.29 is 9.53 Å². The van der Waals surface area contributed by atoms with Gasteiger partial charge < -0.3 is 4.74 Å². The number of thiophene rings is 2. The van der Waals surface area contributed by atoms with Crippen molar-refractivity contribution in [3.63, 3.8) is 0 Å². The van der Waals surface area contributed by atoms with Gasteiger partial charge in [-0.15, -0.1) is 22.7 Å². The van der Waals surface area contributed by atoms with E-state index in [9.17, 15) is 4.79 Å². The SMILES string of the molecule is CCOC(=O)c1c(N=Cc2cccs2)sc2c1CCCC2. The van der Waals surface area contributed by atoms with Gasteiger partial charge in [0.15, 0.2) is 0 Å². The zero-order valence-corrected chi connectivity index (χ0v) is 13.6. The van der Waals surface area contributed by atoms with Crippen molar-refractivity contribution in [3.05, 3.63) is 38.4 Å². The summed E-state index contributed by atoms with van der Waals surface area (Å²) in [7, 11) is 0. The molecule has 0 unspecified atom stereocenters. The third-order valence-corrected chi connectivity index (χ3v) is 5.49. The van der Waals surface area contributed by atoms with E-state index in [-0.39, 0.29) is 5.97 Å². The summed E-state index contributed by atoms with van der Waals surface area (Å²) in [5, 5.41) is 2.82. The molecule has 0 spiro atoms. The van der Waals surface area contributed by atoms with Gasteiger partial charge in [-0.05, 0) is 49.6 Å². The van der Waals surface area contributed by atoms with Crippen molar-refractivity contribution in [1.82, 2.24) is 0 Å². The van der Waals surface area contributed by atoms with Crippen LogP contribution in [0.1, 0.15) is 45.4 Å². The Labute approximate surface area is 132 Å². The minimum absolute atomic E-state index is 0.227. The summed E-state index contributed by atoms with van der Waals surface area (Å²) in [5.41, 5.74) is 1.87. The molecule has 3 rings (SSSR count). The van der Waals surface area contributed by atoms with Crippen LogP contribution in [0, 0.1) is 0 Å². The molecule has 5 heteroatoms. The van der Waals surface area contributed by atoms with E-state index in [1.54, 1.807) is 22.7 Å². The second kappa shape index (κ2) is 6.54. The van der Waals surface area contributed by atoms with E-state index >= 15 is 0 Å². The Hall–Kier alpha value is -1.46. The van der Waals surface area contributed by atoms with Gasteiger partial charge in [-0.1, -0.05) is 6.07 Å². The van der Waals surface area contributed by atoms with Crippen LogP contribution < -0.4 is 0 Å². The highest BCUT2D eigenvalue weighted by atomic mass is 32.1. The van der Waals surface area contributed by atoms with Crippen molar-refractivity contribution in [2.75, 3.05) is 6.61 Å². The van der Waals surface area contributed by atoms with E-state index in [1.807, 2.05) is 30.7 Å². The fraction of sp³-hybridized carbons (Fsp3) is 0.375. The number of esters is 1. The molecule has 1 aliphatic rings. The molecule has 3 nitrogen and oxygen atoms in total. The number of nitrogens with zero attached hydrogens (tertiary/aromatic N) is 1. The number of hydrogen-bond donors (Lipinski definition) is 0. The van der Waals surface area contributed by atoms with Gasteiger partial charge in [-0.2, -0.15) is 0 Å². The Morgan fingerprint density at radius 3 is 3.05 bits per heavy atom. The summed E-state index contributed by atoms with van der Waals surface area (Å²) in [6.07, 6.45) is 6.20. The standard InChI is InChI=1S/C16H17NO2S2/c1-2-19-16(18)14-12-7-3-4-8-13(12)21-15(14)17-10-11-6-5-9-20-11/h5-6,9-10H,2-4,7-8H2,1H3. The Morgan fingerprint density at radius 1 is 1.43 bits per heavy atom. The Bertz CT molecular complexity index is 656. The first-order valence-electron chi connectivity index (χ1n) is 7.19. The highest BCUT2D eigenvalue weighted by Crippen LogP contribution is 2.40. The lowest BCUT2D eigenvalue weighted by molar-refractivity contribution is 0.0526. The summed E-state index contributed by atoms with van der Waals surface area (Å²) in [5.74, 6) is -0.227. The van der Waals surface area contributed by atoms with Crippen LogP contribution in [0.2, 0.25) is 0 Å². The summed E-state index contributed by atoms with van der Waals surface area (Å²) in [4.78, 5) is 19.2. The predicted molar refractivity (Wildman–Crippen MR) is 88.5 cm³/mol. The number of carbonyl (C=O) groups is 1. The molecule has 0 bridgehead atoms.